The second-order valence-electron chi connectivity index (χ2n) is 4.67. The Balaban J connectivity index is 2.05. The van der Waals surface area contributed by atoms with Crippen LogP contribution in [0.25, 0.3) is 10.8 Å². The van der Waals surface area contributed by atoms with Crippen LogP contribution in [0.2, 0.25) is 0 Å². The van der Waals surface area contributed by atoms with Gasteiger partial charge in [-0.1, -0.05) is 5.16 Å². The average molecular weight is 285 g/mol. The van der Waals surface area contributed by atoms with Gasteiger partial charge in [0.15, 0.2) is 5.76 Å². The summed E-state index contributed by atoms with van der Waals surface area (Å²) in [6, 6.07) is 4.24. The van der Waals surface area contributed by atoms with Crippen molar-refractivity contribution in [2.45, 2.75) is 13.8 Å². The van der Waals surface area contributed by atoms with Crippen LogP contribution in [-0.2, 0) is 0 Å². The van der Waals surface area contributed by atoms with Gasteiger partial charge in [0.05, 0.1) is 0 Å². The summed E-state index contributed by atoms with van der Waals surface area (Å²) in [5, 5.41) is 7.34. The first kappa shape index (κ1) is 13.2. The van der Waals surface area contributed by atoms with Crippen molar-refractivity contribution < 1.29 is 13.7 Å². The maximum Gasteiger partial charge on any atom is 0.256 e. The molecule has 0 aliphatic carbocycles. The van der Waals surface area contributed by atoms with Gasteiger partial charge in [0.1, 0.15) is 17.2 Å². The predicted octanol–water partition coefficient (Wildman–Crippen LogP) is 3.23. The van der Waals surface area contributed by atoms with Gasteiger partial charge in [-0.05, 0) is 32.0 Å². The Labute approximate surface area is 119 Å². The van der Waals surface area contributed by atoms with Gasteiger partial charge in [0, 0.05) is 28.7 Å². The molecule has 0 atom stereocenters. The molecule has 0 unspecified atom stereocenters. The highest BCUT2D eigenvalue weighted by atomic mass is 19.1. The Bertz CT molecular complexity index is 823. The summed E-state index contributed by atoms with van der Waals surface area (Å²) in [7, 11) is 0. The van der Waals surface area contributed by atoms with Crippen LogP contribution in [0, 0.1) is 19.7 Å². The van der Waals surface area contributed by atoms with Crippen LogP contribution in [0.1, 0.15) is 21.8 Å². The van der Waals surface area contributed by atoms with Crippen LogP contribution in [0.15, 0.2) is 35.1 Å². The lowest BCUT2D eigenvalue weighted by Gasteiger charge is -2.08. The molecule has 106 valence electrons. The van der Waals surface area contributed by atoms with E-state index in [1.54, 1.807) is 13.8 Å². The molecular weight excluding hydrogens is 273 g/mol. The number of amides is 1. The molecule has 0 aliphatic heterocycles. The van der Waals surface area contributed by atoms with Gasteiger partial charge in [-0.25, -0.2) is 4.39 Å². The summed E-state index contributed by atoms with van der Waals surface area (Å²) in [5.74, 6) is -0.228. The number of aryl methyl sites for hydroxylation is 2. The number of carbonyl (C=O) groups excluding carboxylic acids is 1. The zero-order valence-corrected chi connectivity index (χ0v) is 11.5. The first-order valence-electron chi connectivity index (χ1n) is 6.34. The number of pyridine rings is 1. The van der Waals surface area contributed by atoms with E-state index in [4.69, 9.17) is 4.52 Å². The van der Waals surface area contributed by atoms with E-state index in [1.165, 1.54) is 30.6 Å². The molecule has 6 heteroatoms. The van der Waals surface area contributed by atoms with Crippen LogP contribution in [0.3, 0.4) is 0 Å². The first-order chi connectivity index (χ1) is 10.1. The fourth-order valence-electron chi connectivity index (χ4n) is 2.19. The molecule has 2 aromatic heterocycles. The summed E-state index contributed by atoms with van der Waals surface area (Å²) < 4.78 is 18.8. The molecule has 21 heavy (non-hydrogen) atoms. The molecule has 1 amide bonds. The van der Waals surface area contributed by atoms with E-state index in [9.17, 15) is 9.18 Å². The van der Waals surface area contributed by atoms with E-state index in [0.29, 0.717) is 33.5 Å². The van der Waals surface area contributed by atoms with Crippen molar-refractivity contribution in [1.29, 1.82) is 0 Å². The normalized spacial score (nSPS) is 10.8. The monoisotopic (exact) mass is 285 g/mol. The van der Waals surface area contributed by atoms with Gasteiger partial charge in [0.25, 0.3) is 5.91 Å². The largest absolute Gasteiger partial charge is 0.359 e. The minimum absolute atomic E-state index is 0.347. The average Bonchev–Trinajstić information content (AvgIpc) is 2.80. The molecule has 2 heterocycles. The molecule has 3 aromatic rings. The van der Waals surface area contributed by atoms with Gasteiger partial charge in [0.2, 0.25) is 0 Å². The maximum atomic E-state index is 13.8. The van der Waals surface area contributed by atoms with Crippen molar-refractivity contribution in [1.82, 2.24) is 10.1 Å². The third-order valence-electron chi connectivity index (χ3n) is 3.28. The second kappa shape index (κ2) is 4.97. The number of carbonyl (C=O) groups is 1. The number of anilines is 1. The number of hydrogen-bond acceptors (Lipinski definition) is 4. The third-order valence-corrected chi connectivity index (χ3v) is 3.28. The fourth-order valence-corrected chi connectivity index (χ4v) is 2.19. The van der Waals surface area contributed by atoms with E-state index in [0.717, 1.165) is 0 Å². The number of fused-ring (bicyclic) bond motifs is 1. The molecule has 5 nitrogen and oxygen atoms in total. The zero-order valence-electron chi connectivity index (χ0n) is 11.5. The van der Waals surface area contributed by atoms with Crippen LogP contribution < -0.4 is 5.32 Å². The molecular formula is C15H12FN3O2. The summed E-state index contributed by atoms with van der Waals surface area (Å²) >= 11 is 0. The van der Waals surface area contributed by atoms with E-state index >= 15 is 0 Å². The predicted molar refractivity (Wildman–Crippen MR) is 75.6 cm³/mol. The Morgan fingerprint density at radius 1 is 1.24 bits per heavy atom. The lowest BCUT2D eigenvalue weighted by Crippen LogP contribution is -2.13. The molecule has 0 spiro atoms. The Kier molecular flexibility index (Phi) is 3.13. The molecule has 0 fully saturated rings. The van der Waals surface area contributed by atoms with Gasteiger partial charge in [-0.15, -0.1) is 0 Å². The van der Waals surface area contributed by atoms with Crippen molar-refractivity contribution in [3.05, 3.63) is 53.4 Å². The second-order valence-corrected chi connectivity index (χ2v) is 4.67. The summed E-state index contributed by atoms with van der Waals surface area (Å²) in [6.07, 6.45) is 2.96. The summed E-state index contributed by atoms with van der Waals surface area (Å²) in [6.45, 7) is 3.44. The Morgan fingerprint density at radius 2 is 2.05 bits per heavy atom. The van der Waals surface area contributed by atoms with Crippen LogP contribution >= 0.6 is 0 Å². The van der Waals surface area contributed by atoms with Crippen LogP contribution in [-0.4, -0.2) is 16.0 Å². The van der Waals surface area contributed by atoms with Crippen molar-refractivity contribution in [2.24, 2.45) is 0 Å². The SMILES string of the molecule is Cc1noc(C)c1NC(=O)c1ccc(F)c2ccncc12. The number of rotatable bonds is 2. The van der Waals surface area contributed by atoms with E-state index in [-0.39, 0.29) is 11.7 Å². The highest BCUT2D eigenvalue weighted by Gasteiger charge is 2.16. The van der Waals surface area contributed by atoms with Crippen molar-refractivity contribution in [3.63, 3.8) is 0 Å². The molecule has 0 radical (unpaired) electrons. The number of benzene rings is 1. The van der Waals surface area contributed by atoms with Gasteiger partial charge in [-0.3, -0.25) is 9.78 Å². The number of aromatic nitrogens is 2. The zero-order chi connectivity index (χ0) is 15.0. The number of halogens is 1. The lowest BCUT2D eigenvalue weighted by atomic mass is 10.1. The quantitative estimate of drug-likeness (QED) is 0.785. The van der Waals surface area contributed by atoms with E-state index in [1.807, 2.05) is 0 Å². The number of nitrogens with zero attached hydrogens (tertiary/aromatic N) is 2. The van der Waals surface area contributed by atoms with Gasteiger partial charge >= 0.3 is 0 Å². The molecule has 1 aromatic carbocycles. The number of hydrogen-bond donors (Lipinski definition) is 1. The fraction of sp³-hybridized carbons (Fsp3) is 0.133. The molecule has 0 bridgehead atoms. The number of nitrogens with one attached hydrogen (secondary N) is 1. The summed E-state index contributed by atoms with van der Waals surface area (Å²) in [4.78, 5) is 16.4. The van der Waals surface area contributed by atoms with Crippen LogP contribution in [0.5, 0.6) is 0 Å². The molecule has 3 rings (SSSR count). The standard InChI is InChI=1S/C15H12FN3O2/c1-8-14(9(2)21-19-8)18-15(20)11-3-4-13(16)10-5-6-17-7-12(10)11/h3-7H,1-2H3,(H,18,20). The highest BCUT2D eigenvalue weighted by molar-refractivity contribution is 6.13. The van der Waals surface area contributed by atoms with Crippen molar-refractivity contribution in [2.75, 3.05) is 5.32 Å². The minimum Gasteiger partial charge on any atom is -0.359 e. The van der Waals surface area contributed by atoms with Gasteiger partial charge < -0.3 is 9.84 Å². The van der Waals surface area contributed by atoms with Crippen molar-refractivity contribution >= 4 is 22.4 Å². The minimum atomic E-state index is -0.388. The molecule has 0 aliphatic rings. The topological polar surface area (TPSA) is 68.0 Å². The third kappa shape index (κ3) is 2.24. The maximum absolute atomic E-state index is 13.8. The van der Waals surface area contributed by atoms with E-state index in [2.05, 4.69) is 15.5 Å². The van der Waals surface area contributed by atoms with Crippen LogP contribution in [0.4, 0.5) is 10.1 Å². The Hall–Kier alpha value is -2.76. The van der Waals surface area contributed by atoms with Crippen molar-refractivity contribution in [3.8, 4) is 0 Å². The first-order valence-corrected chi connectivity index (χ1v) is 6.34. The lowest BCUT2D eigenvalue weighted by molar-refractivity contribution is 0.102. The summed E-state index contributed by atoms with van der Waals surface area (Å²) in [5.41, 5.74) is 1.46. The van der Waals surface area contributed by atoms with E-state index < -0.39 is 0 Å². The Morgan fingerprint density at radius 3 is 2.76 bits per heavy atom. The highest BCUT2D eigenvalue weighted by Crippen LogP contribution is 2.24. The molecule has 1 N–H and O–H groups in total. The van der Waals surface area contributed by atoms with Gasteiger partial charge in [-0.2, -0.15) is 0 Å². The smallest absolute Gasteiger partial charge is 0.256 e. The molecule has 0 saturated heterocycles. The molecule has 0 saturated carbocycles.